The van der Waals surface area contributed by atoms with Crippen LogP contribution in [0.3, 0.4) is 0 Å². The van der Waals surface area contributed by atoms with Crippen LogP contribution in [-0.4, -0.2) is 0 Å². The van der Waals surface area contributed by atoms with Crippen LogP contribution in [0.15, 0.2) is 152 Å². The summed E-state index contributed by atoms with van der Waals surface area (Å²) in [4.78, 5) is 0. The maximum Gasteiger partial charge on any atom is -0.00201 e. The average molecular weight is 559 g/mol. The van der Waals surface area contributed by atoms with E-state index in [1.54, 1.807) is 0 Å². The van der Waals surface area contributed by atoms with Crippen LogP contribution in [-0.2, 0) is 6.42 Å². The molecule has 0 aliphatic heterocycles. The molecule has 0 saturated heterocycles. The highest BCUT2D eigenvalue weighted by molar-refractivity contribution is 6.23. The summed E-state index contributed by atoms with van der Waals surface area (Å²) in [5.41, 5.74) is 10.6. The molecular weight excluding hydrogens is 528 g/mol. The molecule has 8 aromatic carbocycles. The third-order valence-electron chi connectivity index (χ3n) is 9.51. The summed E-state index contributed by atoms with van der Waals surface area (Å²) >= 11 is 0. The van der Waals surface area contributed by atoms with Crippen LogP contribution >= 0.6 is 0 Å². The van der Waals surface area contributed by atoms with E-state index in [1.807, 2.05) is 0 Å². The van der Waals surface area contributed by atoms with Gasteiger partial charge in [0.05, 0.1) is 0 Å². The predicted octanol–water partition coefficient (Wildman–Crippen LogP) is 12.3. The molecule has 206 valence electrons. The fourth-order valence-corrected chi connectivity index (χ4v) is 7.53. The second-order valence-corrected chi connectivity index (χ2v) is 11.9. The number of fused-ring (bicyclic) bond motifs is 6. The molecular formula is C44H30. The highest BCUT2D eigenvalue weighted by Crippen LogP contribution is 2.45. The third kappa shape index (κ3) is 3.85. The van der Waals surface area contributed by atoms with Crippen LogP contribution in [0, 0.1) is 0 Å². The van der Waals surface area contributed by atoms with E-state index in [2.05, 4.69) is 158 Å². The minimum absolute atomic E-state index is 1.10. The molecule has 1 aliphatic carbocycles. The van der Waals surface area contributed by atoms with Gasteiger partial charge in [0.15, 0.2) is 0 Å². The molecule has 0 heterocycles. The van der Waals surface area contributed by atoms with Crippen LogP contribution in [0.1, 0.15) is 17.5 Å². The van der Waals surface area contributed by atoms with Gasteiger partial charge in [0.2, 0.25) is 0 Å². The van der Waals surface area contributed by atoms with E-state index in [9.17, 15) is 0 Å². The fourth-order valence-electron chi connectivity index (χ4n) is 7.53. The van der Waals surface area contributed by atoms with Gasteiger partial charge in [0, 0.05) is 0 Å². The molecule has 0 bridgehead atoms. The Morgan fingerprint density at radius 2 is 0.932 bits per heavy atom. The summed E-state index contributed by atoms with van der Waals surface area (Å²) in [6, 6.07) is 53.9. The van der Waals surface area contributed by atoms with Crippen molar-refractivity contribution in [3.63, 3.8) is 0 Å². The lowest BCUT2D eigenvalue weighted by Gasteiger charge is -2.19. The van der Waals surface area contributed by atoms with Crippen molar-refractivity contribution in [2.75, 3.05) is 0 Å². The largest absolute Gasteiger partial charge is 0.0836 e. The van der Waals surface area contributed by atoms with Gasteiger partial charge < -0.3 is 0 Å². The second-order valence-electron chi connectivity index (χ2n) is 11.9. The van der Waals surface area contributed by atoms with Crippen molar-refractivity contribution in [1.82, 2.24) is 0 Å². The van der Waals surface area contributed by atoms with Crippen molar-refractivity contribution in [2.24, 2.45) is 0 Å². The Labute approximate surface area is 257 Å². The Bertz CT molecular complexity index is 2360. The molecule has 8 aromatic rings. The van der Waals surface area contributed by atoms with E-state index < -0.39 is 0 Å². The molecule has 0 unspecified atom stereocenters. The van der Waals surface area contributed by atoms with Gasteiger partial charge in [0.25, 0.3) is 0 Å². The minimum Gasteiger partial charge on any atom is -0.0836 e. The quantitative estimate of drug-likeness (QED) is 0.189. The van der Waals surface area contributed by atoms with Gasteiger partial charge in [-0.15, -0.1) is 0 Å². The van der Waals surface area contributed by atoms with E-state index >= 15 is 0 Å². The van der Waals surface area contributed by atoms with E-state index in [1.165, 1.54) is 87.6 Å². The average Bonchev–Trinajstić information content (AvgIpc) is 3.10. The molecule has 1 aliphatic rings. The van der Waals surface area contributed by atoms with Gasteiger partial charge in [-0.3, -0.25) is 0 Å². The summed E-state index contributed by atoms with van der Waals surface area (Å²) < 4.78 is 0. The van der Waals surface area contributed by atoms with Gasteiger partial charge in [-0.05, 0) is 107 Å². The summed E-state index contributed by atoms with van der Waals surface area (Å²) in [7, 11) is 0. The number of allylic oxidation sites excluding steroid dienone is 1. The first-order valence-electron chi connectivity index (χ1n) is 15.6. The first-order valence-corrected chi connectivity index (χ1v) is 15.6. The number of hydrogen-bond acceptors (Lipinski definition) is 0. The van der Waals surface area contributed by atoms with E-state index in [0.29, 0.717) is 0 Å². The van der Waals surface area contributed by atoms with Crippen LogP contribution in [0.2, 0.25) is 0 Å². The molecule has 0 nitrogen and oxygen atoms in total. The van der Waals surface area contributed by atoms with Crippen molar-refractivity contribution in [3.05, 3.63) is 163 Å². The Hall–Kier alpha value is -5.46. The SMILES string of the molecule is C1=Cc2c(cc(-c3ccc(-c4c5ccccc5c(-c5cccc6ccccc56)c5ccccc45)cc3)c3ccccc23)CC1. The number of rotatable bonds is 3. The Morgan fingerprint density at radius 3 is 1.64 bits per heavy atom. The van der Waals surface area contributed by atoms with E-state index in [0.717, 1.165) is 12.8 Å². The highest BCUT2D eigenvalue weighted by Gasteiger charge is 2.18. The molecule has 0 aromatic heterocycles. The predicted molar refractivity (Wildman–Crippen MR) is 190 cm³/mol. The van der Waals surface area contributed by atoms with Gasteiger partial charge in [-0.25, -0.2) is 0 Å². The highest BCUT2D eigenvalue weighted by atomic mass is 14.2. The lowest BCUT2D eigenvalue weighted by Crippen LogP contribution is -1.97. The van der Waals surface area contributed by atoms with Crippen LogP contribution in [0.25, 0.3) is 82.5 Å². The summed E-state index contributed by atoms with van der Waals surface area (Å²) in [6.45, 7) is 0. The minimum atomic E-state index is 1.10. The van der Waals surface area contributed by atoms with Gasteiger partial charge in [0.1, 0.15) is 0 Å². The molecule has 0 atom stereocenters. The molecule has 0 radical (unpaired) electrons. The molecule has 0 amide bonds. The summed E-state index contributed by atoms with van der Waals surface area (Å²) in [6.07, 6.45) is 6.83. The van der Waals surface area contributed by atoms with Crippen molar-refractivity contribution >= 4 is 49.2 Å². The Kier molecular flexibility index (Phi) is 5.74. The molecule has 0 spiro atoms. The number of benzene rings is 8. The third-order valence-corrected chi connectivity index (χ3v) is 9.51. The summed E-state index contributed by atoms with van der Waals surface area (Å²) in [5, 5.41) is 10.4. The van der Waals surface area contributed by atoms with Gasteiger partial charge >= 0.3 is 0 Å². The zero-order chi connectivity index (χ0) is 29.0. The Balaban J connectivity index is 1.27. The van der Waals surface area contributed by atoms with Gasteiger partial charge in [-0.1, -0.05) is 152 Å². The topological polar surface area (TPSA) is 0 Å². The molecule has 9 rings (SSSR count). The first kappa shape index (κ1) is 25.1. The molecule has 44 heavy (non-hydrogen) atoms. The maximum atomic E-state index is 2.43. The molecule has 0 saturated carbocycles. The first-order chi connectivity index (χ1) is 21.8. The molecule has 0 heteroatoms. The number of hydrogen-bond donors (Lipinski definition) is 0. The van der Waals surface area contributed by atoms with Crippen LogP contribution < -0.4 is 0 Å². The standard InChI is InChI=1S/C44H30/c1-3-15-33-29(12-1)14-11-23-37(33)44-40-21-9-7-19-38(40)43(39-20-8-10-22-41(39)44)31-26-24-30(25-27-31)42-28-32-13-2-4-16-34(32)35-17-5-6-18-36(35)42/h1,3-12,14-28H,2,13H2. The van der Waals surface area contributed by atoms with Crippen LogP contribution in [0.4, 0.5) is 0 Å². The van der Waals surface area contributed by atoms with E-state index in [-0.39, 0.29) is 0 Å². The molecule has 0 N–H and O–H groups in total. The lowest BCUT2D eigenvalue weighted by atomic mass is 9.84. The van der Waals surface area contributed by atoms with Gasteiger partial charge in [-0.2, -0.15) is 0 Å². The van der Waals surface area contributed by atoms with E-state index in [4.69, 9.17) is 0 Å². The smallest absolute Gasteiger partial charge is 0.00201 e. The lowest BCUT2D eigenvalue weighted by molar-refractivity contribution is 0.990. The summed E-state index contributed by atoms with van der Waals surface area (Å²) in [5.74, 6) is 0. The molecule has 0 fully saturated rings. The number of aryl methyl sites for hydroxylation is 1. The Morgan fingerprint density at radius 1 is 0.386 bits per heavy atom. The van der Waals surface area contributed by atoms with Crippen molar-refractivity contribution in [3.8, 4) is 33.4 Å². The van der Waals surface area contributed by atoms with Crippen molar-refractivity contribution in [2.45, 2.75) is 12.8 Å². The normalized spacial score (nSPS) is 12.7. The zero-order valence-corrected chi connectivity index (χ0v) is 24.4. The maximum absolute atomic E-state index is 2.43. The van der Waals surface area contributed by atoms with Crippen molar-refractivity contribution < 1.29 is 0 Å². The second kappa shape index (κ2) is 10.1. The monoisotopic (exact) mass is 558 g/mol. The fraction of sp³-hybridized carbons (Fsp3) is 0.0455. The van der Waals surface area contributed by atoms with Crippen molar-refractivity contribution in [1.29, 1.82) is 0 Å². The zero-order valence-electron chi connectivity index (χ0n) is 24.4. The van der Waals surface area contributed by atoms with Crippen LogP contribution in [0.5, 0.6) is 0 Å².